The molecular weight excluding hydrogens is 206 g/mol. The molecule has 0 bridgehead atoms. The smallest absolute Gasteiger partial charge is 0.00175 e. The lowest BCUT2D eigenvalue weighted by atomic mass is 9.84. The fourth-order valence-corrected chi connectivity index (χ4v) is 2.33. The van der Waals surface area contributed by atoms with E-state index in [2.05, 4.69) is 59.0 Å². The average Bonchev–Trinajstić information content (AvgIpc) is 2.29. The summed E-state index contributed by atoms with van der Waals surface area (Å²) in [6, 6.07) is 4.69. The van der Waals surface area contributed by atoms with E-state index in [0.717, 1.165) is 13.1 Å². The zero-order valence-electron chi connectivity index (χ0n) is 12.2. The van der Waals surface area contributed by atoms with Crippen LogP contribution in [-0.2, 0) is 0 Å². The molecule has 0 aromatic heterocycles. The van der Waals surface area contributed by atoms with Crippen molar-refractivity contribution >= 4 is 0 Å². The molecule has 1 heteroatoms. The fourth-order valence-electron chi connectivity index (χ4n) is 2.33. The lowest BCUT2D eigenvalue weighted by molar-refractivity contribution is 0.452. The Morgan fingerprint density at radius 2 is 1.59 bits per heavy atom. The second-order valence-electron chi connectivity index (χ2n) is 5.37. The van der Waals surface area contributed by atoms with E-state index in [1.165, 1.54) is 22.3 Å². The van der Waals surface area contributed by atoms with Gasteiger partial charge in [0, 0.05) is 0 Å². The van der Waals surface area contributed by atoms with E-state index in [9.17, 15) is 0 Å². The Labute approximate surface area is 107 Å². The quantitative estimate of drug-likeness (QED) is 0.811. The molecule has 0 heterocycles. The molecule has 1 N–H and O–H groups in total. The molecule has 0 amide bonds. The van der Waals surface area contributed by atoms with Crippen LogP contribution in [0.4, 0.5) is 0 Å². The van der Waals surface area contributed by atoms with Crippen LogP contribution in [0.1, 0.15) is 48.9 Å². The molecule has 0 saturated carbocycles. The van der Waals surface area contributed by atoms with Gasteiger partial charge in [0.25, 0.3) is 0 Å². The number of aryl methyl sites for hydroxylation is 3. The van der Waals surface area contributed by atoms with Crippen molar-refractivity contribution in [2.24, 2.45) is 5.92 Å². The molecule has 1 aromatic carbocycles. The molecule has 1 nitrogen and oxygen atoms in total. The number of hydrogen-bond donors (Lipinski definition) is 1. The Hall–Kier alpha value is -0.820. The number of rotatable bonds is 5. The van der Waals surface area contributed by atoms with Crippen LogP contribution in [0.2, 0.25) is 0 Å². The summed E-state index contributed by atoms with van der Waals surface area (Å²) in [7, 11) is 0. The van der Waals surface area contributed by atoms with Gasteiger partial charge in [0.1, 0.15) is 0 Å². The van der Waals surface area contributed by atoms with Crippen LogP contribution < -0.4 is 5.32 Å². The minimum atomic E-state index is 0.619. The lowest BCUT2D eigenvalue weighted by Gasteiger charge is -2.23. The highest BCUT2D eigenvalue weighted by atomic mass is 14.8. The van der Waals surface area contributed by atoms with Crippen LogP contribution in [0.25, 0.3) is 0 Å². The van der Waals surface area contributed by atoms with Crippen LogP contribution >= 0.6 is 0 Å². The van der Waals surface area contributed by atoms with Crippen LogP contribution in [-0.4, -0.2) is 13.1 Å². The molecule has 1 aromatic rings. The molecular formula is C16H27N. The molecule has 0 aliphatic carbocycles. The van der Waals surface area contributed by atoms with Gasteiger partial charge >= 0.3 is 0 Å². The molecule has 1 rings (SSSR count). The van der Waals surface area contributed by atoms with Gasteiger partial charge in [-0.3, -0.25) is 0 Å². The third-order valence-electron chi connectivity index (χ3n) is 3.94. The second kappa shape index (κ2) is 6.20. The highest BCUT2D eigenvalue weighted by Gasteiger charge is 2.16. The number of hydrogen-bond acceptors (Lipinski definition) is 1. The van der Waals surface area contributed by atoms with Crippen molar-refractivity contribution in [1.29, 1.82) is 0 Å². The van der Waals surface area contributed by atoms with Crippen molar-refractivity contribution in [3.63, 3.8) is 0 Å². The van der Waals surface area contributed by atoms with Gasteiger partial charge in [-0.1, -0.05) is 32.9 Å². The van der Waals surface area contributed by atoms with Gasteiger partial charge in [0.2, 0.25) is 0 Å². The summed E-state index contributed by atoms with van der Waals surface area (Å²) in [5.41, 5.74) is 5.76. The SMILES string of the molecule is CCNCC(C)C(C)c1cc(C)c(C)cc1C. The predicted molar refractivity (Wildman–Crippen MR) is 76.8 cm³/mol. The maximum Gasteiger partial charge on any atom is -0.00175 e. The Bertz CT molecular complexity index is 368. The van der Waals surface area contributed by atoms with E-state index in [1.807, 2.05) is 0 Å². The summed E-state index contributed by atoms with van der Waals surface area (Å²) in [5, 5.41) is 3.44. The molecule has 0 aliphatic rings. The van der Waals surface area contributed by atoms with Gasteiger partial charge in [-0.25, -0.2) is 0 Å². The van der Waals surface area contributed by atoms with Crippen LogP contribution in [0.15, 0.2) is 12.1 Å². The highest BCUT2D eigenvalue weighted by Crippen LogP contribution is 2.28. The van der Waals surface area contributed by atoms with Crippen LogP contribution in [0.5, 0.6) is 0 Å². The normalized spacial score (nSPS) is 14.7. The molecule has 2 unspecified atom stereocenters. The Kier molecular flexibility index (Phi) is 5.20. The van der Waals surface area contributed by atoms with Gasteiger partial charge in [-0.2, -0.15) is 0 Å². The molecule has 0 radical (unpaired) electrons. The number of nitrogens with one attached hydrogen (secondary N) is 1. The lowest BCUT2D eigenvalue weighted by Crippen LogP contribution is -2.24. The second-order valence-corrected chi connectivity index (χ2v) is 5.37. The van der Waals surface area contributed by atoms with Crippen molar-refractivity contribution in [2.75, 3.05) is 13.1 Å². The maximum absolute atomic E-state index is 3.44. The Morgan fingerprint density at radius 1 is 1.00 bits per heavy atom. The monoisotopic (exact) mass is 233 g/mol. The zero-order chi connectivity index (χ0) is 13.0. The van der Waals surface area contributed by atoms with Crippen molar-refractivity contribution < 1.29 is 0 Å². The van der Waals surface area contributed by atoms with E-state index in [4.69, 9.17) is 0 Å². The molecule has 2 atom stereocenters. The minimum absolute atomic E-state index is 0.619. The first-order chi connectivity index (χ1) is 7.97. The minimum Gasteiger partial charge on any atom is -0.317 e. The highest BCUT2D eigenvalue weighted by molar-refractivity contribution is 5.38. The van der Waals surface area contributed by atoms with Gasteiger partial charge in [-0.15, -0.1) is 0 Å². The molecule has 96 valence electrons. The molecule has 17 heavy (non-hydrogen) atoms. The summed E-state index contributed by atoms with van der Waals surface area (Å²) in [4.78, 5) is 0. The topological polar surface area (TPSA) is 12.0 Å². The summed E-state index contributed by atoms with van der Waals surface area (Å²) in [6.45, 7) is 15.6. The van der Waals surface area contributed by atoms with Gasteiger partial charge in [0.05, 0.1) is 0 Å². The first-order valence-corrected chi connectivity index (χ1v) is 6.75. The van der Waals surface area contributed by atoms with E-state index in [0.29, 0.717) is 11.8 Å². The first kappa shape index (κ1) is 14.2. The summed E-state index contributed by atoms with van der Waals surface area (Å²) < 4.78 is 0. The standard InChI is InChI=1S/C16H27N/c1-7-17-10-14(5)15(6)16-9-12(3)11(2)8-13(16)4/h8-9,14-15,17H,7,10H2,1-6H3. The summed E-state index contributed by atoms with van der Waals surface area (Å²) >= 11 is 0. The summed E-state index contributed by atoms with van der Waals surface area (Å²) in [6.07, 6.45) is 0. The third kappa shape index (κ3) is 3.57. The predicted octanol–water partition coefficient (Wildman–Crippen LogP) is 3.96. The zero-order valence-corrected chi connectivity index (χ0v) is 12.2. The third-order valence-corrected chi connectivity index (χ3v) is 3.94. The Balaban J connectivity index is 2.88. The fraction of sp³-hybridized carbons (Fsp3) is 0.625. The van der Waals surface area contributed by atoms with Gasteiger partial charge in [-0.05, 0) is 68.0 Å². The van der Waals surface area contributed by atoms with Crippen molar-refractivity contribution in [3.05, 3.63) is 34.4 Å². The largest absolute Gasteiger partial charge is 0.317 e. The van der Waals surface area contributed by atoms with Crippen molar-refractivity contribution in [3.8, 4) is 0 Å². The van der Waals surface area contributed by atoms with E-state index < -0.39 is 0 Å². The molecule has 0 saturated heterocycles. The van der Waals surface area contributed by atoms with Crippen LogP contribution in [0.3, 0.4) is 0 Å². The first-order valence-electron chi connectivity index (χ1n) is 6.75. The molecule has 0 fully saturated rings. The van der Waals surface area contributed by atoms with Gasteiger partial charge < -0.3 is 5.32 Å². The maximum atomic E-state index is 3.44. The van der Waals surface area contributed by atoms with Crippen molar-refractivity contribution in [1.82, 2.24) is 5.32 Å². The van der Waals surface area contributed by atoms with Crippen LogP contribution in [0, 0.1) is 26.7 Å². The van der Waals surface area contributed by atoms with E-state index in [-0.39, 0.29) is 0 Å². The molecule has 0 aliphatic heterocycles. The van der Waals surface area contributed by atoms with E-state index in [1.54, 1.807) is 0 Å². The summed E-state index contributed by atoms with van der Waals surface area (Å²) in [5.74, 6) is 1.30. The van der Waals surface area contributed by atoms with Gasteiger partial charge in [0.15, 0.2) is 0 Å². The van der Waals surface area contributed by atoms with Crippen molar-refractivity contribution in [2.45, 2.75) is 47.5 Å². The van der Waals surface area contributed by atoms with E-state index >= 15 is 0 Å². The Morgan fingerprint density at radius 3 is 2.18 bits per heavy atom. The molecule has 0 spiro atoms. The number of benzene rings is 1. The average molecular weight is 233 g/mol.